The van der Waals surface area contributed by atoms with Crippen LogP contribution < -0.4 is 0 Å². The van der Waals surface area contributed by atoms with Gasteiger partial charge in [0.2, 0.25) is 0 Å². The Labute approximate surface area is 89.9 Å². The molecule has 0 spiro atoms. The molecule has 14 heavy (non-hydrogen) atoms. The van der Waals surface area contributed by atoms with Crippen LogP contribution >= 0.6 is 0 Å². The summed E-state index contributed by atoms with van der Waals surface area (Å²) in [4.78, 5) is 2.60. The van der Waals surface area contributed by atoms with E-state index in [1.165, 1.54) is 58.2 Å². The zero-order chi connectivity index (χ0) is 10.4. The lowest BCUT2D eigenvalue weighted by atomic mass is 9.78. The molecule has 0 atom stereocenters. The van der Waals surface area contributed by atoms with Crippen molar-refractivity contribution in [1.82, 2.24) is 4.90 Å². The third-order valence-corrected chi connectivity index (χ3v) is 3.69. The molecule has 0 unspecified atom stereocenters. The van der Waals surface area contributed by atoms with Crippen LogP contribution in [0, 0.1) is 5.41 Å². The van der Waals surface area contributed by atoms with Gasteiger partial charge >= 0.3 is 0 Å². The molecule has 84 valence electrons. The normalized spacial score (nSPS) is 18.2. The smallest absolute Gasteiger partial charge is 0.000653 e. The molecule has 0 bridgehead atoms. The van der Waals surface area contributed by atoms with Crippen LogP contribution in [0.5, 0.6) is 0 Å². The summed E-state index contributed by atoms with van der Waals surface area (Å²) in [6, 6.07) is 0. The second-order valence-electron chi connectivity index (χ2n) is 5.26. The van der Waals surface area contributed by atoms with E-state index in [9.17, 15) is 0 Å². The summed E-state index contributed by atoms with van der Waals surface area (Å²) in [5.74, 6) is 0. The van der Waals surface area contributed by atoms with Gasteiger partial charge in [0.25, 0.3) is 0 Å². The van der Waals surface area contributed by atoms with Crippen LogP contribution in [0.3, 0.4) is 0 Å². The van der Waals surface area contributed by atoms with Crippen LogP contribution in [0.15, 0.2) is 0 Å². The van der Waals surface area contributed by atoms with E-state index in [1.807, 2.05) is 0 Å². The van der Waals surface area contributed by atoms with Crippen LogP contribution in [0.1, 0.15) is 59.3 Å². The van der Waals surface area contributed by atoms with E-state index >= 15 is 0 Å². The van der Waals surface area contributed by atoms with E-state index in [0.29, 0.717) is 5.41 Å². The first-order chi connectivity index (χ1) is 6.70. The maximum absolute atomic E-state index is 2.60. The number of hydrogen-bond donors (Lipinski definition) is 0. The molecule has 1 saturated heterocycles. The zero-order valence-corrected chi connectivity index (χ0v) is 10.3. The van der Waals surface area contributed by atoms with Gasteiger partial charge in [-0.25, -0.2) is 0 Å². The molecular formula is C13H27N. The van der Waals surface area contributed by atoms with E-state index < -0.39 is 0 Å². The van der Waals surface area contributed by atoms with Crippen LogP contribution in [0.25, 0.3) is 0 Å². The van der Waals surface area contributed by atoms with Crippen LogP contribution in [0.4, 0.5) is 0 Å². The fourth-order valence-corrected chi connectivity index (χ4v) is 2.62. The minimum atomic E-state index is 0.624. The highest BCUT2D eigenvalue weighted by atomic mass is 15.2. The van der Waals surface area contributed by atoms with Crippen molar-refractivity contribution < 1.29 is 0 Å². The van der Waals surface area contributed by atoms with Gasteiger partial charge in [0.15, 0.2) is 0 Å². The topological polar surface area (TPSA) is 3.24 Å². The fraction of sp³-hybridized carbons (Fsp3) is 1.00. The minimum absolute atomic E-state index is 0.624. The van der Waals surface area contributed by atoms with Gasteiger partial charge in [-0.05, 0) is 50.7 Å². The Balaban J connectivity index is 2.25. The van der Waals surface area contributed by atoms with Crippen molar-refractivity contribution in [2.75, 3.05) is 19.6 Å². The lowest BCUT2D eigenvalue weighted by Crippen LogP contribution is -2.39. The highest BCUT2D eigenvalue weighted by molar-refractivity contribution is 4.77. The lowest BCUT2D eigenvalue weighted by Gasteiger charge is -2.36. The largest absolute Gasteiger partial charge is 0.303 e. The number of likely N-dealkylation sites (tertiary alicyclic amines) is 1. The molecule has 1 rings (SSSR count). The molecule has 0 aromatic rings. The third kappa shape index (κ3) is 3.61. The Morgan fingerprint density at radius 2 is 1.57 bits per heavy atom. The lowest BCUT2D eigenvalue weighted by molar-refractivity contribution is 0.135. The van der Waals surface area contributed by atoms with Crippen LogP contribution in [0.2, 0.25) is 0 Å². The second-order valence-corrected chi connectivity index (χ2v) is 5.26. The number of nitrogens with zero attached hydrogens (tertiary/aromatic N) is 1. The molecule has 1 heterocycles. The fourth-order valence-electron chi connectivity index (χ4n) is 2.62. The molecule has 0 radical (unpaired) electrons. The molecule has 0 aromatic heterocycles. The zero-order valence-electron chi connectivity index (χ0n) is 10.3. The van der Waals surface area contributed by atoms with Crippen molar-refractivity contribution in [1.29, 1.82) is 0 Å². The summed E-state index contributed by atoms with van der Waals surface area (Å²) in [6.07, 6.45) is 8.35. The van der Waals surface area contributed by atoms with Gasteiger partial charge in [-0.15, -0.1) is 0 Å². The van der Waals surface area contributed by atoms with Crippen molar-refractivity contribution >= 4 is 0 Å². The van der Waals surface area contributed by atoms with Crippen molar-refractivity contribution in [3.05, 3.63) is 0 Å². The number of rotatable bonds is 7. The Bertz CT molecular complexity index is 143. The molecule has 1 heteroatoms. The van der Waals surface area contributed by atoms with Crippen molar-refractivity contribution in [3.8, 4) is 0 Å². The van der Waals surface area contributed by atoms with Gasteiger partial charge < -0.3 is 4.90 Å². The first kappa shape index (κ1) is 12.0. The van der Waals surface area contributed by atoms with E-state index in [2.05, 4.69) is 25.7 Å². The second kappa shape index (κ2) is 5.75. The third-order valence-electron chi connectivity index (χ3n) is 3.69. The van der Waals surface area contributed by atoms with Crippen LogP contribution in [-0.4, -0.2) is 24.5 Å². The van der Waals surface area contributed by atoms with Gasteiger partial charge in [0, 0.05) is 0 Å². The Morgan fingerprint density at radius 3 is 1.93 bits per heavy atom. The van der Waals surface area contributed by atoms with Crippen molar-refractivity contribution in [2.24, 2.45) is 5.41 Å². The first-order valence-electron chi connectivity index (χ1n) is 6.42. The summed E-state index contributed by atoms with van der Waals surface area (Å²) < 4.78 is 0. The Kier molecular flexibility index (Phi) is 4.94. The highest BCUT2D eigenvalue weighted by Gasteiger charge is 2.24. The van der Waals surface area contributed by atoms with E-state index in [-0.39, 0.29) is 0 Å². The predicted molar refractivity (Wildman–Crippen MR) is 63.6 cm³/mol. The average Bonchev–Trinajstić information content (AvgIpc) is 2.02. The molecule has 1 fully saturated rings. The van der Waals surface area contributed by atoms with Gasteiger partial charge in [-0.2, -0.15) is 0 Å². The SMILES string of the molecule is CCCC(C)(CCC)CCN1CCC1. The molecular weight excluding hydrogens is 170 g/mol. The molecule has 1 aliphatic rings. The van der Waals surface area contributed by atoms with Crippen LogP contribution in [-0.2, 0) is 0 Å². The molecule has 1 aliphatic heterocycles. The summed E-state index contributed by atoms with van der Waals surface area (Å²) in [7, 11) is 0. The average molecular weight is 197 g/mol. The van der Waals surface area contributed by atoms with Crippen molar-refractivity contribution in [2.45, 2.75) is 59.3 Å². The van der Waals surface area contributed by atoms with Gasteiger partial charge in [0.1, 0.15) is 0 Å². The number of hydrogen-bond acceptors (Lipinski definition) is 1. The Hall–Kier alpha value is -0.0400. The van der Waals surface area contributed by atoms with E-state index in [1.54, 1.807) is 0 Å². The monoisotopic (exact) mass is 197 g/mol. The van der Waals surface area contributed by atoms with Gasteiger partial charge in [-0.1, -0.05) is 33.6 Å². The molecule has 1 nitrogen and oxygen atoms in total. The summed E-state index contributed by atoms with van der Waals surface area (Å²) in [5, 5.41) is 0. The summed E-state index contributed by atoms with van der Waals surface area (Å²) >= 11 is 0. The summed E-state index contributed by atoms with van der Waals surface area (Å²) in [6.45, 7) is 11.2. The molecule has 0 saturated carbocycles. The maximum atomic E-state index is 2.60. The minimum Gasteiger partial charge on any atom is -0.303 e. The summed E-state index contributed by atoms with van der Waals surface area (Å²) in [5.41, 5.74) is 0.624. The Morgan fingerprint density at radius 1 is 1.00 bits per heavy atom. The first-order valence-corrected chi connectivity index (χ1v) is 6.42. The standard InChI is InChI=1S/C13H27N/c1-4-7-13(3,8-5-2)9-12-14-10-6-11-14/h4-12H2,1-3H3. The predicted octanol–water partition coefficient (Wildman–Crippen LogP) is 3.69. The highest BCUT2D eigenvalue weighted by Crippen LogP contribution is 2.33. The molecule has 0 amide bonds. The molecule has 0 aliphatic carbocycles. The van der Waals surface area contributed by atoms with E-state index in [0.717, 1.165) is 0 Å². The maximum Gasteiger partial charge on any atom is -0.000653 e. The molecule has 0 N–H and O–H groups in total. The van der Waals surface area contributed by atoms with Gasteiger partial charge in [-0.3, -0.25) is 0 Å². The quantitative estimate of drug-likeness (QED) is 0.601. The van der Waals surface area contributed by atoms with Crippen molar-refractivity contribution in [3.63, 3.8) is 0 Å². The van der Waals surface area contributed by atoms with E-state index in [4.69, 9.17) is 0 Å². The van der Waals surface area contributed by atoms with Gasteiger partial charge in [0.05, 0.1) is 0 Å². The molecule has 0 aromatic carbocycles.